The molecule has 1 unspecified atom stereocenters. The summed E-state index contributed by atoms with van der Waals surface area (Å²) in [7, 11) is 0. The second kappa shape index (κ2) is 7.63. The quantitative estimate of drug-likeness (QED) is 0.576. The van der Waals surface area contributed by atoms with Gasteiger partial charge in [0.15, 0.2) is 0 Å². The summed E-state index contributed by atoms with van der Waals surface area (Å²) in [5.74, 6) is 0.825. The second-order valence-electron chi connectivity index (χ2n) is 8.41. The molecule has 1 aliphatic carbocycles. The van der Waals surface area contributed by atoms with Gasteiger partial charge in [-0.2, -0.15) is 5.26 Å². The Labute approximate surface area is 179 Å². The molecule has 1 amide bonds. The fourth-order valence-electron chi connectivity index (χ4n) is 4.62. The number of carbonyl (C=O) groups is 1. The highest BCUT2D eigenvalue weighted by Gasteiger charge is 2.55. The predicted molar refractivity (Wildman–Crippen MR) is 113 cm³/mol. The first kappa shape index (κ1) is 19.5. The van der Waals surface area contributed by atoms with Crippen LogP contribution < -0.4 is 10.2 Å². The number of aliphatic hydroxyl groups is 1. The Balaban J connectivity index is 1.23. The Morgan fingerprint density at radius 2 is 2.23 bits per heavy atom. The van der Waals surface area contributed by atoms with E-state index in [1.54, 1.807) is 18.5 Å². The van der Waals surface area contributed by atoms with Crippen LogP contribution in [0.25, 0.3) is 11.0 Å². The van der Waals surface area contributed by atoms with Crippen LogP contribution in [0.15, 0.2) is 36.9 Å². The highest BCUT2D eigenvalue weighted by Crippen LogP contribution is 2.56. The zero-order valence-corrected chi connectivity index (χ0v) is 17.0. The number of H-pyrrole nitrogens is 1. The molecule has 2 fully saturated rings. The molecule has 158 valence electrons. The average molecular weight is 417 g/mol. The van der Waals surface area contributed by atoms with Crippen LogP contribution in [-0.4, -0.2) is 50.6 Å². The van der Waals surface area contributed by atoms with E-state index in [0.29, 0.717) is 11.3 Å². The topological polar surface area (TPSA) is 131 Å². The number of amides is 1. The van der Waals surface area contributed by atoms with Gasteiger partial charge in [-0.25, -0.2) is 9.97 Å². The number of piperidine rings is 1. The number of hydrogen-bond donors (Lipinski definition) is 3. The fraction of sp³-hybridized carbons (Fsp3) is 0.409. The molecule has 0 bridgehead atoms. The van der Waals surface area contributed by atoms with Crippen LogP contribution in [0.1, 0.15) is 36.6 Å². The van der Waals surface area contributed by atoms with E-state index in [1.807, 2.05) is 18.3 Å². The zero-order chi connectivity index (χ0) is 21.4. The maximum atomic E-state index is 13.0. The van der Waals surface area contributed by atoms with Crippen LogP contribution in [0.4, 0.5) is 5.82 Å². The van der Waals surface area contributed by atoms with Crippen molar-refractivity contribution in [3.05, 3.63) is 48.2 Å². The molecule has 1 saturated heterocycles. The molecular formula is C22H23N7O2. The van der Waals surface area contributed by atoms with Crippen molar-refractivity contribution in [3.8, 4) is 6.07 Å². The Bertz CT molecular complexity index is 1150. The molecular weight excluding hydrogens is 394 g/mol. The molecule has 0 aromatic carbocycles. The molecule has 4 heterocycles. The minimum absolute atomic E-state index is 0.0145. The molecule has 31 heavy (non-hydrogen) atoms. The second-order valence-corrected chi connectivity index (χ2v) is 8.41. The van der Waals surface area contributed by atoms with Gasteiger partial charge in [0.1, 0.15) is 30.0 Å². The monoisotopic (exact) mass is 417 g/mol. The van der Waals surface area contributed by atoms with Gasteiger partial charge < -0.3 is 20.3 Å². The normalized spacial score (nSPS) is 20.4. The first-order valence-electron chi connectivity index (χ1n) is 10.4. The summed E-state index contributed by atoms with van der Waals surface area (Å²) < 4.78 is 0. The molecule has 2 aliphatic rings. The van der Waals surface area contributed by atoms with Crippen molar-refractivity contribution in [1.29, 1.82) is 5.26 Å². The molecule has 3 N–H and O–H groups in total. The Morgan fingerprint density at radius 1 is 1.35 bits per heavy atom. The lowest BCUT2D eigenvalue weighted by Gasteiger charge is -2.39. The molecule has 2 atom stereocenters. The van der Waals surface area contributed by atoms with Crippen molar-refractivity contribution < 1.29 is 9.90 Å². The van der Waals surface area contributed by atoms with Gasteiger partial charge in [0.05, 0.1) is 16.6 Å². The van der Waals surface area contributed by atoms with Crippen LogP contribution in [0.3, 0.4) is 0 Å². The molecule has 9 nitrogen and oxygen atoms in total. The van der Waals surface area contributed by atoms with E-state index in [2.05, 4.69) is 30.2 Å². The number of rotatable bonds is 5. The van der Waals surface area contributed by atoms with Gasteiger partial charge >= 0.3 is 0 Å². The smallest absolute Gasteiger partial charge is 0.223 e. The van der Waals surface area contributed by atoms with Crippen molar-refractivity contribution in [3.63, 3.8) is 0 Å². The van der Waals surface area contributed by atoms with Gasteiger partial charge in [0.25, 0.3) is 0 Å². The molecule has 3 aromatic heterocycles. The van der Waals surface area contributed by atoms with E-state index in [9.17, 15) is 9.90 Å². The number of nitriles is 1. The summed E-state index contributed by atoms with van der Waals surface area (Å²) in [6, 6.07) is 7.20. The average Bonchev–Trinajstić information content (AvgIpc) is 3.38. The number of carbonyl (C=O) groups excluding carboxylic acids is 1. The van der Waals surface area contributed by atoms with E-state index < -0.39 is 6.10 Å². The van der Waals surface area contributed by atoms with Crippen LogP contribution in [0.5, 0.6) is 0 Å². The van der Waals surface area contributed by atoms with Gasteiger partial charge in [-0.1, -0.05) is 0 Å². The standard InChI is InChI=1S/C22H23N7O2/c23-9-14-1-2-17(25-10-14)18(30)11-26-21(31)16-4-8-29(12-22(16)5-6-22)20-15-3-7-24-19(15)27-13-28-20/h1-3,7,10,13,16,18,30H,4-6,8,11-12H2,(H,26,31)(H,24,27,28)/t16-,18?/m1/s1. The lowest BCUT2D eigenvalue weighted by Crippen LogP contribution is -2.48. The molecule has 1 aliphatic heterocycles. The molecule has 1 spiro atoms. The van der Waals surface area contributed by atoms with E-state index in [0.717, 1.165) is 49.2 Å². The highest BCUT2D eigenvalue weighted by molar-refractivity contribution is 5.87. The number of nitrogens with one attached hydrogen (secondary N) is 2. The summed E-state index contributed by atoms with van der Waals surface area (Å²) in [5.41, 5.74) is 1.66. The van der Waals surface area contributed by atoms with Crippen molar-refractivity contribution in [2.45, 2.75) is 25.4 Å². The molecule has 0 radical (unpaired) electrons. The third-order valence-corrected chi connectivity index (χ3v) is 6.50. The Hall–Kier alpha value is -3.51. The minimum atomic E-state index is -0.908. The van der Waals surface area contributed by atoms with Gasteiger partial charge in [-0.05, 0) is 42.9 Å². The zero-order valence-electron chi connectivity index (χ0n) is 17.0. The van der Waals surface area contributed by atoms with Crippen molar-refractivity contribution in [2.24, 2.45) is 11.3 Å². The van der Waals surface area contributed by atoms with Gasteiger partial charge in [0.2, 0.25) is 5.91 Å². The maximum absolute atomic E-state index is 13.0. The fourth-order valence-corrected chi connectivity index (χ4v) is 4.62. The number of anilines is 1. The first-order valence-corrected chi connectivity index (χ1v) is 10.4. The maximum Gasteiger partial charge on any atom is 0.223 e. The Kier molecular flexibility index (Phi) is 4.79. The third kappa shape index (κ3) is 3.59. The van der Waals surface area contributed by atoms with E-state index >= 15 is 0 Å². The summed E-state index contributed by atoms with van der Waals surface area (Å²) in [6.07, 6.45) is 6.73. The lowest BCUT2D eigenvalue weighted by atomic mass is 9.81. The van der Waals surface area contributed by atoms with Crippen LogP contribution in [0, 0.1) is 22.7 Å². The van der Waals surface area contributed by atoms with Gasteiger partial charge in [0, 0.05) is 37.9 Å². The van der Waals surface area contributed by atoms with Gasteiger partial charge in [-0.15, -0.1) is 0 Å². The summed E-state index contributed by atoms with van der Waals surface area (Å²) in [5, 5.41) is 23.1. The first-order chi connectivity index (χ1) is 15.1. The number of nitrogens with zero attached hydrogens (tertiary/aromatic N) is 5. The van der Waals surface area contributed by atoms with Crippen LogP contribution >= 0.6 is 0 Å². The number of aromatic nitrogens is 4. The predicted octanol–water partition coefficient (Wildman–Crippen LogP) is 1.68. The molecule has 9 heteroatoms. The van der Waals surface area contributed by atoms with Crippen molar-refractivity contribution >= 4 is 22.8 Å². The lowest BCUT2D eigenvalue weighted by molar-refractivity contribution is -0.128. The number of hydrogen-bond acceptors (Lipinski definition) is 7. The summed E-state index contributed by atoms with van der Waals surface area (Å²) in [6.45, 7) is 1.64. The number of aliphatic hydroxyl groups excluding tert-OH is 1. The highest BCUT2D eigenvalue weighted by atomic mass is 16.3. The SMILES string of the molecule is N#Cc1ccc(C(O)CNC(=O)[C@H]2CCN(c3ncnc4[nH]ccc34)CC23CC3)nc1. The van der Waals surface area contributed by atoms with Gasteiger partial charge in [-0.3, -0.25) is 9.78 Å². The van der Waals surface area contributed by atoms with Crippen LogP contribution in [0.2, 0.25) is 0 Å². The van der Waals surface area contributed by atoms with E-state index in [-0.39, 0.29) is 23.8 Å². The van der Waals surface area contributed by atoms with Crippen molar-refractivity contribution in [2.75, 3.05) is 24.5 Å². The van der Waals surface area contributed by atoms with E-state index in [1.165, 1.54) is 6.20 Å². The number of pyridine rings is 1. The molecule has 1 saturated carbocycles. The van der Waals surface area contributed by atoms with E-state index in [4.69, 9.17) is 5.26 Å². The van der Waals surface area contributed by atoms with Crippen molar-refractivity contribution in [1.82, 2.24) is 25.3 Å². The summed E-state index contributed by atoms with van der Waals surface area (Å²) in [4.78, 5) is 31.2. The molecule has 5 rings (SSSR count). The number of fused-ring (bicyclic) bond motifs is 1. The molecule has 3 aromatic rings. The largest absolute Gasteiger partial charge is 0.385 e. The minimum Gasteiger partial charge on any atom is -0.385 e. The summed E-state index contributed by atoms with van der Waals surface area (Å²) >= 11 is 0. The van der Waals surface area contributed by atoms with Crippen LogP contribution in [-0.2, 0) is 4.79 Å². The Morgan fingerprint density at radius 3 is 2.97 bits per heavy atom. The number of aromatic amines is 1. The third-order valence-electron chi connectivity index (χ3n) is 6.50.